The normalized spacial score (nSPS) is 18.2. The molecule has 1 aromatic heterocycles. The van der Waals surface area contributed by atoms with Crippen molar-refractivity contribution in [1.82, 2.24) is 9.55 Å². The molecule has 110 valence electrons. The summed E-state index contributed by atoms with van der Waals surface area (Å²) in [5.41, 5.74) is 2.18. The number of anilines is 1. The molecule has 5 heteroatoms. The number of para-hydroxylation sites is 1. The standard InChI is InChI=1S/C16H19N3OS/c1-11(2)8-13-15-16(18-14(20)9-21-13)17-10-19(15)12-6-4-3-5-7-12/h3-7,10-11,13H,8-9H2,1-2H3,(H,18,20). The fourth-order valence-electron chi connectivity index (χ4n) is 2.59. The number of fused-ring (bicyclic) bond motifs is 1. The lowest BCUT2D eigenvalue weighted by Gasteiger charge is -2.19. The van der Waals surface area contributed by atoms with E-state index in [0.29, 0.717) is 17.5 Å². The molecule has 4 nitrogen and oxygen atoms in total. The van der Waals surface area contributed by atoms with Crippen molar-refractivity contribution < 1.29 is 4.79 Å². The molecule has 1 aliphatic heterocycles. The number of nitrogens with zero attached hydrogens (tertiary/aromatic N) is 2. The second-order valence-corrected chi connectivity index (χ2v) is 6.85. The Morgan fingerprint density at radius 1 is 1.38 bits per heavy atom. The lowest BCUT2D eigenvalue weighted by molar-refractivity contribution is -0.113. The maximum atomic E-state index is 11.8. The zero-order valence-electron chi connectivity index (χ0n) is 12.2. The minimum Gasteiger partial charge on any atom is -0.308 e. The minimum atomic E-state index is 0.0332. The number of nitrogens with one attached hydrogen (secondary N) is 1. The number of hydrogen-bond acceptors (Lipinski definition) is 3. The Morgan fingerprint density at radius 2 is 2.14 bits per heavy atom. The van der Waals surface area contributed by atoms with Gasteiger partial charge < -0.3 is 5.32 Å². The van der Waals surface area contributed by atoms with Crippen LogP contribution < -0.4 is 5.32 Å². The molecule has 0 spiro atoms. The van der Waals surface area contributed by atoms with E-state index in [1.807, 2.05) is 18.2 Å². The molecule has 3 rings (SSSR count). The third-order valence-electron chi connectivity index (χ3n) is 3.50. The van der Waals surface area contributed by atoms with Crippen LogP contribution in [0.2, 0.25) is 0 Å². The largest absolute Gasteiger partial charge is 0.308 e. The van der Waals surface area contributed by atoms with Gasteiger partial charge >= 0.3 is 0 Å². The summed E-state index contributed by atoms with van der Waals surface area (Å²) in [6.07, 6.45) is 2.84. The van der Waals surface area contributed by atoms with Crippen LogP contribution in [-0.2, 0) is 4.79 Å². The van der Waals surface area contributed by atoms with Gasteiger partial charge in [0.05, 0.1) is 11.4 Å². The predicted molar refractivity (Wildman–Crippen MR) is 86.8 cm³/mol. The summed E-state index contributed by atoms with van der Waals surface area (Å²) in [6.45, 7) is 4.42. The smallest absolute Gasteiger partial charge is 0.235 e. The first-order chi connectivity index (χ1) is 10.1. The van der Waals surface area contributed by atoms with Crippen molar-refractivity contribution in [3.8, 4) is 5.69 Å². The quantitative estimate of drug-likeness (QED) is 0.941. The molecule has 1 aliphatic rings. The highest BCUT2D eigenvalue weighted by molar-refractivity contribution is 8.00. The highest BCUT2D eigenvalue weighted by Crippen LogP contribution is 2.41. The van der Waals surface area contributed by atoms with Crippen molar-refractivity contribution in [1.29, 1.82) is 0 Å². The summed E-state index contributed by atoms with van der Waals surface area (Å²) < 4.78 is 2.10. The second-order valence-electron chi connectivity index (χ2n) is 5.66. The number of hydrogen-bond donors (Lipinski definition) is 1. The summed E-state index contributed by atoms with van der Waals surface area (Å²) in [6, 6.07) is 10.2. The Hall–Kier alpha value is -1.75. The average molecular weight is 301 g/mol. The molecule has 0 fully saturated rings. The Bertz CT molecular complexity index is 636. The molecule has 2 aromatic rings. The molecule has 21 heavy (non-hydrogen) atoms. The Balaban J connectivity index is 2.07. The van der Waals surface area contributed by atoms with Gasteiger partial charge in [-0.05, 0) is 24.5 Å². The molecule has 0 radical (unpaired) electrons. The van der Waals surface area contributed by atoms with Crippen LogP contribution in [0.15, 0.2) is 36.7 Å². The highest BCUT2D eigenvalue weighted by Gasteiger charge is 2.28. The van der Waals surface area contributed by atoms with Gasteiger partial charge in [-0.15, -0.1) is 11.8 Å². The SMILES string of the molecule is CC(C)CC1SCC(=O)Nc2ncn(-c3ccccc3)c21. The van der Waals surface area contributed by atoms with E-state index in [1.165, 1.54) is 0 Å². The Labute approximate surface area is 129 Å². The van der Waals surface area contributed by atoms with Crippen LogP contribution in [0.5, 0.6) is 0 Å². The molecule has 1 amide bonds. The minimum absolute atomic E-state index is 0.0332. The van der Waals surface area contributed by atoms with Crippen molar-refractivity contribution in [2.45, 2.75) is 25.5 Å². The van der Waals surface area contributed by atoms with Crippen molar-refractivity contribution >= 4 is 23.5 Å². The lowest BCUT2D eigenvalue weighted by atomic mass is 10.1. The highest BCUT2D eigenvalue weighted by atomic mass is 32.2. The Kier molecular flexibility index (Phi) is 4.01. The summed E-state index contributed by atoms with van der Waals surface area (Å²) in [5, 5.41) is 3.20. The summed E-state index contributed by atoms with van der Waals surface area (Å²) in [7, 11) is 0. The van der Waals surface area contributed by atoms with E-state index >= 15 is 0 Å². The third kappa shape index (κ3) is 2.97. The van der Waals surface area contributed by atoms with Gasteiger partial charge in [-0.2, -0.15) is 0 Å². The molecule has 0 saturated heterocycles. The molecule has 2 heterocycles. The number of aromatic nitrogens is 2. The van der Waals surface area contributed by atoms with Gasteiger partial charge in [0.1, 0.15) is 6.33 Å². The van der Waals surface area contributed by atoms with Crippen LogP contribution in [0.3, 0.4) is 0 Å². The van der Waals surface area contributed by atoms with Gasteiger partial charge in [-0.1, -0.05) is 32.0 Å². The van der Waals surface area contributed by atoms with Crippen molar-refractivity contribution in [2.24, 2.45) is 5.92 Å². The van der Waals surface area contributed by atoms with E-state index in [1.54, 1.807) is 18.1 Å². The van der Waals surface area contributed by atoms with Crippen LogP contribution in [-0.4, -0.2) is 21.2 Å². The van der Waals surface area contributed by atoms with Crippen LogP contribution in [0, 0.1) is 5.92 Å². The number of imidazole rings is 1. The molecule has 0 aliphatic carbocycles. The zero-order chi connectivity index (χ0) is 14.8. The molecule has 1 atom stereocenters. The number of thioether (sulfide) groups is 1. The van der Waals surface area contributed by atoms with Gasteiger partial charge in [0.15, 0.2) is 5.82 Å². The fraction of sp³-hybridized carbons (Fsp3) is 0.375. The van der Waals surface area contributed by atoms with E-state index < -0.39 is 0 Å². The molecule has 1 N–H and O–H groups in total. The third-order valence-corrected chi connectivity index (χ3v) is 4.75. The molecule has 1 unspecified atom stereocenters. The van der Waals surface area contributed by atoms with Crippen molar-refractivity contribution in [3.63, 3.8) is 0 Å². The predicted octanol–water partition coefficient (Wildman–Crippen LogP) is 3.64. The van der Waals surface area contributed by atoms with E-state index in [2.05, 4.69) is 40.8 Å². The van der Waals surface area contributed by atoms with Crippen LogP contribution in [0.4, 0.5) is 5.82 Å². The number of carbonyl (C=O) groups is 1. The Morgan fingerprint density at radius 3 is 2.86 bits per heavy atom. The number of benzene rings is 1. The first kappa shape index (κ1) is 14.2. The van der Waals surface area contributed by atoms with Gasteiger partial charge in [-0.25, -0.2) is 4.98 Å². The zero-order valence-corrected chi connectivity index (χ0v) is 13.1. The van der Waals surface area contributed by atoms with Gasteiger partial charge in [0.25, 0.3) is 0 Å². The van der Waals surface area contributed by atoms with E-state index in [9.17, 15) is 4.79 Å². The van der Waals surface area contributed by atoms with Crippen LogP contribution in [0.1, 0.15) is 31.2 Å². The first-order valence-corrected chi connectivity index (χ1v) is 8.24. The fourth-order valence-corrected chi connectivity index (χ4v) is 3.92. The maximum absolute atomic E-state index is 11.8. The van der Waals surface area contributed by atoms with E-state index in [-0.39, 0.29) is 11.2 Å². The van der Waals surface area contributed by atoms with Crippen molar-refractivity contribution in [2.75, 3.05) is 11.1 Å². The second kappa shape index (κ2) is 5.93. The number of amides is 1. The topological polar surface area (TPSA) is 46.9 Å². The van der Waals surface area contributed by atoms with Gasteiger partial charge in [0.2, 0.25) is 5.91 Å². The van der Waals surface area contributed by atoms with E-state index in [4.69, 9.17) is 0 Å². The van der Waals surface area contributed by atoms with E-state index in [0.717, 1.165) is 17.8 Å². The molecular formula is C16H19N3OS. The molecule has 0 saturated carbocycles. The van der Waals surface area contributed by atoms with Gasteiger partial charge in [-0.3, -0.25) is 9.36 Å². The summed E-state index contributed by atoms with van der Waals surface area (Å²) in [4.78, 5) is 16.3. The molecule has 0 bridgehead atoms. The van der Waals surface area contributed by atoms with Crippen LogP contribution in [0.25, 0.3) is 5.69 Å². The summed E-state index contributed by atoms with van der Waals surface area (Å²) in [5.74, 6) is 1.80. The first-order valence-electron chi connectivity index (χ1n) is 7.19. The van der Waals surface area contributed by atoms with Crippen LogP contribution >= 0.6 is 11.8 Å². The number of rotatable bonds is 3. The van der Waals surface area contributed by atoms with Gasteiger partial charge in [0, 0.05) is 10.9 Å². The summed E-state index contributed by atoms with van der Waals surface area (Å²) >= 11 is 1.70. The number of carbonyl (C=O) groups excluding carboxylic acids is 1. The maximum Gasteiger partial charge on any atom is 0.235 e. The average Bonchev–Trinajstić information content (AvgIpc) is 2.81. The molecule has 1 aromatic carbocycles. The monoisotopic (exact) mass is 301 g/mol. The lowest BCUT2D eigenvalue weighted by Crippen LogP contribution is -2.12. The molecular weight excluding hydrogens is 282 g/mol. The van der Waals surface area contributed by atoms with Crippen molar-refractivity contribution in [3.05, 3.63) is 42.4 Å².